The molecule has 0 aromatic heterocycles. The van der Waals surface area contributed by atoms with Crippen molar-refractivity contribution in [3.63, 3.8) is 0 Å². The van der Waals surface area contributed by atoms with Gasteiger partial charge in [-0.1, -0.05) is 47.0 Å². The first-order chi connectivity index (χ1) is 11.4. The summed E-state index contributed by atoms with van der Waals surface area (Å²) in [7, 11) is -0.845. The van der Waals surface area contributed by atoms with Crippen LogP contribution in [0, 0.1) is 5.41 Å². The van der Waals surface area contributed by atoms with Crippen LogP contribution in [-0.4, -0.2) is 37.2 Å². The molecule has 0 radical (unpaired) electrons. The number of rotatable bonds is 15. The highest BCUT2D eigenvalue weighted by Crippen LogP contribution is 2.61. The number of esters is 1. The molecule has 0 saturated heterocycles. The molecule has 0 aromatic rings. The summed E-state index contributed by atoms with van der Waals surface area (Å²) in [6.45, 7) is 13.6. The van der Waals surface area contributed by atoms with Crippen LogP contribution in [0.2, 0.25) is 0 Å². The Hall–Kier alpha value is -0.100. The van der Waals surface area contributed by atoms with Crippen LogP contribution < -0.4 is 0 Å². The van der Waals surface area contributed by atoms with Gasteiger partial charge < -0.3 is 4.74 Å². The van der Waals surface area contributed by atoms with Crippen molar-refractivity contribution in [2.45, 2.75) is 92.9 Å². The van der Waals surface area contributed by atoms with E-state index in [4.69, 9.17) is 4.74 Å². The average Bonchev–Trinajstić information content (AvgIpc) is 2.59. The summed E-state index contributed by atoms with van der Waals surface area (Å²) in [4.78, 5) is 12.1. The summed E-state index contributed by atoms with van der Waals surface area (Å²) < 4.78 is 5.59. The van der Waals surface area contributed by atoms with Gasteiger partial charge >= 0.3 is 5.97 Å². The molecule has 0 bridgehead atoms. The van der Waals surface area contributed by atoms with Gasteiger partial charge in [-0.15, -0.1) is 0 Å². The highest BCUT2D eigenvalue weighted by molar-refractivity contribution is 7.75. The lowest BCUT2D eigenvalue weighted by Crippen LogP contribution is -2.26. The largest absolute Gasteiger partial charge is 0.465 e. The second-order valence-electron chi connectivity index (χ2n) is 8.02. The smallest absolute Gasteiger partial charge is 0.311 e. The highest BCUT2D eigenvalue weighted by atomic mass is 31.2. The maximum Gasteiger partial charge on any atom is 0.311 e. The Morgan fingerprint density at radius 3 is 1.58 bits per heavy atom. The van der Waals surface area contributed by atoms with Crippen molar-refractivity contribution in [3.05, 3.63) is 0 Å². The molecule has 0 fully saturated rings. The molecule has 0 aliphatic carbocycles. The number of hydrogen-bond acceptors (Lipinski definition) is 2. The SMILES string of the molecule is CCCC[P+](CCCC)(CCCC)CCCOC(=O)C(C)(C)CC. The predicted molar refractivity (Wildman–Crippen MR) is 111 cm³/mol. The summed E-state index contributed by atoms with van der Waals surface area (Å²) in [5.41, 5.74) is -0.334. The third kappa shape index (κ3) is 9.40. The zero-order valence-electron chi connectivity index (χ0n) is 17.5. The van der Waals surface area contributed by atoms with E-state index < -0.39 is 7.26 Å². The number of hydrogen-bond donors (Lipinski definition) is 0. The van der Waals surface area contributed by atoms with Crippen molar-refractivity contribution in [3.8, 4) is 0 Å². The van der Waals surface area contributed by atoms with Crippen LogP contribution in [0.3, 0.4) is 0 Å². The molecule has 3 heteroatoms. The molecule has 2 nitrogen and oxygen atoms in total. The van der Waals surface area contributed by atoms with Gasteiger partial charge in [0.05, 0.1) is 36.7 Å². The predicted octanol–water partition coefficient (Wildman–Crippen LogP) is 6.77. The molecule has 0 spiro atoms. The molecule has 0 aliphatic rings. The van der Waals surface area contributed by atoms with Crippen LogP contribution >= 0.6 is 7.26 Å². The summed E-state index contributed by atoms with van der Waals surface area (Å²) in [6.07, 6.45) is 15.7. The van der Waals surface area contributed by atoms with E-state index in [1.54, 1.807) is 0 Å². The summed E-state index contributed by atoms with van der Waals surface area (Å²) in [5.74, 6) is -0.0235. The number of carbonyl (C=O) groups excluding carboxylic acids is 1. The summed E-state index contributed by atoms with van der Waals surface area (Å²) in [5, 5.41) is 0. The first-order valence-electron chi connectivity index (χ1n) is 10.4. The molecule has 0 unspecified atom stereocenters. The summed E-state index contributed by atoms with van der Waals surface area (Å²) >= 11 is 0. The third-order valence-electron chi connectivity index (χ3n) is 5.40. The van der Waals surface area contributed by atoms with E-state index in [0.29, 0.717) is 6.61 Å². The van der Waals surface area contributed by atoms with E-state index >= 15 is 0 Å². The Balaban J connectivity index is 4.58. The van der Waals surface area contributed by atoms with Gasteiger partial charge in [0, 0.05) is 13.7 Å². The van der Waals surface area contributed by atoms with Gasteiger partial charge in [0.1, 0.15) is 0 Å². The molecular weight excluding hydrogens is 315 g/mol. The fourth-order valence-corrected chi connectivity index (χ4v) is 8.16. The third-order valence-corrected chi connectivity index (χ3v) is 10.5. The Kier molecular flexibility index (Phi) is 13.1. The normalized spacial score (nSPS) is 12.4. The standard InChI is InChI=1S/C21H44O2P/c1-7-11-16-24(17-12-8-2,18-13-9-3)19-14-15-23-20(22)21(5,6)10-4/h7-19H2,1-6H3/q+1. The van der Waals surface area contributed by atoms with E-state index in [1.807, 2.05) is 13.8 Å². The second-order valence-corrected chi connectivity index (χ2v) is 12.5. The van der Waals surface area contributed by atoms with Crippen LogP contribution in [0.25, 0.3) is 0 Å². The topological polar surface area (TPSA) is 26.3 Å². The fraction of sp³-hybridized carbons (Fsp3) is 0.952. The molecule has 0 atom stereocenters. The maximum atomic E-state index is 12.1. The zero-order valence-corrected chi connectivity index (χ0v) is 18.4. The van der Waals surface area contributed by atoms with Crippen molar-refractivity contribution >= 4 is 13.2 Å². The van der Waals surface area contributed by atoms with Gasteiger partial charge in [-0.3, -0.25) is 4.79 Å². The molecule has 0 heterocycles. The minimum Gasteiger partial charge on any atom is -0.465 e. The molecular formula is C21H44O2P+. The maximum absolute atomic E-state index is 12.1. The lowest BCUT2D eigenvalue weighted by Gasteiger charge is -2.28. The number of unbranched alkanes of at least 4 members (excludes halogenated alkanes) is 3. The van der Waals surface area contributed by atoms with E-state index in [2.05, 4.69) is 27.7 Å². The molecule has 0 amide bonds. The molecule has 0 aromatic carbocycles. The average molecular weight is 360 g/mol. The van der Waals surface area contributed by atoms with Crippen molar-refractivity contribution in [1.82, 2.24) is 0 Å². The highest BCUT2D eigenvalue weighted by Gasteiger charge is 2.35. The molecule has 144 valence electrons. The van der Waals surface area contributed by atoms with Crippen LogP contribution in [0.5, 0.6) is 0 Å². The van der Waals surface area contributed by atoms with Gasteiger partial charge in [-0.2, -0.15) is 0 Å². The second kappa shape index (κ2) is 13.2. The molecule has 0 saturated carbocycles. The van der Waals surface area contributed by atoms with E-state index in [0.717, 1.165) is 12.8 Å². The van der Waals surface area contributed by atoms with Gasteiger partial charge in [0.2, 0.25) is 0 Å². The van der Waals surface area contributed by atoms with Crippen molar-refractivity contribution in [2.75, 3.05) is 31.3 Å². The molecule has 0 rings (SSSR count). The first kappa shape index (κ1) is 23.9. The molecule has 0 aliphatic heterocycles. The Bertz CT molecular complexity index is 304. The molecule has 0 N–H and O–H groups in total. The van der Waals surface area contributed by atoms with Gasteiger partial charge in [-0.25, -0.2) is 0 Å². The van der Waals surface area contributed by atoms with Gasteiger partial charge in [-0.05, 0) is 39.5 Å². The lowest BCUT2D eigenvalue weighted by atomic mass is 9.91. The van der Waals surface area contributed by atoms with Gasteiger partial charge in [0.15, 0.2) is 0 Å². The minimum absolute atomic E-state index is 0.0235. The monoisotopic (exact) mass is 359 g/mol. The Labute approximate surface area is 152 Å². The van der Waals surface area contributed by atoms with Crippen molar-refractivity contribution < 1.29 is 9.53 Å². The Morgan fingerprint density at radius 2 is 1.21 bits per heavy atom. The van der Waals surface area contributed by atoms with Gasteiger partial charge in [0.25, 0.3) is 0 Å². The van der Waals surface area contributed by atoms with E-state index in [-0.39, 0.29) is 11.4 Å². The van der Waals surface area contributed by atoms with Crippen LogP contribution in [0.4, 0.5) is 0 Å². The lowest BCUT2D eigenvalue weighted by molar-refractivity contribution is -0.154. The zero-order chi connectivity index (χ0) is 18.5. The minimum atomic E-state index is -0.845. The van der Waals surface area contributed by atoms with Crippen LogP contribution in [-0.2, 0) is 9.53 Å². The number of carbonyl (C=O) groups is 1. The van der Waals surface area contributed by atoms with E-state index in [1.165, 1.54) is 63.2 Å². The van der Waals surface area contributed by atoms with E-state index in [9.17, 15) is 4.79 Å². The number of ether oxygens (including phenoxy) is 1. The summed E-state index contributed by atoms with van der Waals surface area (Å²) in [6, 6.07) is 0. The fourth-order valence-electron chi connectivity index (χ4n) is 3.06. The first-order valence-corrected chi connectivity index (χ1v) is 12.9. The van der Waals surface area contributed by atoms with Crippen LogP contribution in [0.15, 0.2) is 0 Å². The quantitative estimate of drug-likeness (QED) is 0.183. The van der Waals surface area contributed by atoms with Crippen LogP contribution in [0.1, 0.15) is 92.9 Å². The molecule has 24 heavy (non-hydrogen) atoms. The Morgan fingerprint density at radius 1 is 0.792 bits per heavy atom. The van der Waals surface area contributed by atoms with Crippen molar-refractivity contribution in [1.29, 1.82) is 0 Å². The van der Waals surface area contributed by atoms with Crippen molar-refractivity contribution in [2.24, 2.45) is 5.41 Å².